The van der Waals surface area contributed by atoms with Crippen molar-refractivity contribution in [1.82, 2.24) is 4.90 Å². The van der Waals surface area contributed by atoms with E-state index in [9.17, 15) is 0 Å². The Morgan fingerprint density at radius 2 is 2.09 bits per heavy atom. The lowest BCUT2D eigenvalue weighted by atomic mass is 10.4. The fraction of sp³-hybridized carbons (Fsp3) is 0.556. The van der Waals surface area contributed by atoms with E-state index in [1.807, 2.05) is 6.08 Å². The molecule has 0 spiro atoms. The highest BCUT2D eigenvalue weighted by atomic mass is 15.1. The van der Waals surface area contributed by atoms with E-state index in [1.54, 1.807) is 6.20 Å². The predicted molar refractivity (Wildman–Crippen MR) is 50.0 cm³/mol. The van der Waals surface area contributed by atoms with E-state index in [-0.39, 0.29) is 0 Å². The minimum Gasteiger partial charge on any atom is -0.300 e. The van der Waals surface area contributed by atoms with Gasteiger partial charge in [-0.1, -0.05) is 19.9 Å². The summed E-state index contributed by atoms with van der Waals surface area (Å²) in [5, 5.41) is 0. The third-order valence-electron chi connectivity index (χ3n) is 1.53. The van der Waals surface area contributed by atoms with Crippen LogP contribution in [0.3, 0.4) is 0 Å². The van der Waals surface area contributed by atoms with E-state index in [1.165, 1.54) is 0 Å². The van der Waals surface area contributed by atoms with E-state index in [0.717, 1.165) is 19.6 Å². The maximum Gasteiger partial charge on any atom is 0.0340 e. The summed E-state index contributed by atoms with van der Waals surface area (Å²) in [5.41, 5.74) is 0. The van der Waals surface area contributed by atoms with Crippen molar-refractivity contribution in [2.75, 3.05) is 19.6 Å². The van der Waals surface area contributed by atoms with Crippen molar-refractivity contribution in [3.63, 3.8) is 0 Å². The Hall–Kier alpha value is -0.850. The number of rotatable bonds is 5. The third-order valence-corrected chi connectivity index (χ3v) is 1.53. The molecule has 0 saturated carbocycles. The van der Waals surface area contributed by atoms with Gasteiger partial charge in [-0.25, -0.2) is 4.99 Å². The van der Waals surface area contributed by atoms with Crippen LogP contribution in [-0.2, 0) is 0 Å². The average Bonchev–Trinajstić information content (AvgIpc) is 2.05. The molecule has 0 aliphatic carbocycles. The first-order valence-corrected chi connectivity index (χ1v) is 3.94. The number of hydrogen-bond donors (Lipinski definition) is 0. The third kappa shape index (κ3) is 5.59. The smallest absolute Gasteiger partial charge is 0.0340 e. The van der Waals surface area contributed by atoms with Gasteiger partial charge in [0.05, 0.1) is 0 Å². The Bertz CT molecular complexity index is 151. The summed E-state index contributed by atoms with van der Waals surface area (Å²) in [6.45, 7) is 10.8. The van der Waals surface area contributed by atoms with Gasteiger partial charge >= 0.3 is 0 Å². The van der Waals surface area contributed by atoms with Crippen LogP contribution < -0.4 is 0 Å². The maximum atomic E-state index is 3.74. The molecule has 0 aromatic rings. The largest absolute Gasteiger partial charge is 0.300 e. The van der Waals surface area contributed by atoms with Gasteiger partial charge in [-0.3, -0.25) is 0 Å². The summed E-state index contributed by atoms with van der Waals surface area (Å²) in [6.07, 6.45) is 3.73. The highest BCUT2D eigenvalue weighted by Gasteiger charge is 1.92. The topological polar surface area (TPSA) is 15.6 Å². The predicted octanol–water partition coefficient (Wildman–Crippen LogP) is 1.70. The standard InChI is InChI=1S/C9H16N2/c1-4-10-8-7-9-11(5-2)6-3/h7-8H,1,5-6,9H2,2-3H3/b8-7-. The molecule has 0 aliphatic heterocycles. The normalized spacial score (nSPS) is 10.5. The molecule has 2 heteroatoms. The molecule has 0 aromatic carbocycles. The van der Waals surface area contributed by atoms with Gasteiger partial charge in [-0.15, -0.1) is 0 Å². The fourth-order valence-corrected chi connectivity index (χ4v) is 0.783. The molecular weight excluding hydrogens is 136 g/mol. The van der Waals surface area contributed by atoms with Crippen LogP contribution in [0.4, 0.5) is 0 Å². The zero-order valence-electron chi connectivity index (χ0n) is 7.38. The molecule has 0 aromatic heterocycles. The molecule has 0 amide bonds. The van der Waals surface area contributed by atoms with Crippen LogP contribution in [0.25, 0.3) is 0 Å². The lowest BCUT2D eigenvalue weighted by Crippen LogP contribution is -2.22. The molecule has 0 saturated heterocycles. The van der Waals surface area contributed by atoms with Crippen LogP contribution in [0.2, 0.25) is 0 Å². The Kier molecular flexibility index (Phi) is 6.70. The van der Waals surface area contributed by atoms with Crippen molar-refractivity contribution < 1.29 is 0 Å². The van der Waals surface area contributed by atoms with E-state index >= 15 is 0 Å². The Labute approximate surface area is 68.9 Å². The number of hydrogen-bond acceptors (Lipinski definition) is 2. The molecule has 0 aliphatic rings. The van der Waals surface area contributed by atoms with Crippen LogP contribution in [-0.4, -0.2) is 30.4 Å². The van der Waals surface area contributed by atoms with E-state index in [4.69, 9.17) is 0 Å². The Morgan fingerprint density at radius 3 is 2.55 bits per heavy atom. The molecule has 0 heterocycles. The van der Waals surface area contributed by atoms with Crippen LogP contribution >= 0.6 is 0 Å². The number of likely N-dealkylation sites (N-methyl/N-ethyl adjacent to an activating group) is 1. The molecule has 11 heavy (non-hydrogen) atoms. The molecule has 0 radical (unpaired) electrons. The first kappa shape index (κ1) is 10.2. The Balaban J connectivity index is 3.57. The van der Waals surface area contributed by atoms with Gasteiger partial charge < -0.3 is 4.90 Å². The van der Waals surface area contributed by atoms with Gasteiger partial charge in [0.1, 0.15) is 0 Å². The van der Waals surface area contributed by atoms with Crippen molar-refractivity contribution in [3.05, 3.63) is 18.9 Å². The van der Waals surface area contributed by atoms with Gasteiger partial charge in [0.25, 0.3) is 0 Å². The molecule has 0 atom stereocenters. The Morgan fingerprint density at radius 1 is 1.45 bits per heavy atom. The van der Waals surface area contributed by atoms with E-state index < -0.39 is 0 Å². The highest BCUT2D eigenvalue weighted by molar-refractivity contribution is 5.47. The second kappa shape index (κ2) is 7.26. The van der Waals surface area contributed by atoms with Gasteiger partial charge in [0, 0.05) is 12.7 Å². The quantitative estimate of drug-likeness (QED) is 0.547. The lowest BCUT2D eigenvalue weighted by molar-refractivity contribution is 0.337. The highest BCUT2D eigenvalue weighted by Crippen LogP contribution is 1.86. The van der Waals surface area contributed by atoms with Crippen molar-refractivity contribution >= 4 is 5.87 Å². The molecule has 0 N–H and O–H groups in total. The zero-order chi connectivity index (χ0) is 8.53. The summed E-state index contributed by atoms with van der Waals surface area (Å²) in [5.74, 6) is 2.45. The van der Waals surface area contributed by atoms with Crippen molar-refractivity contribution in [3.8, 4) is 0 Å². The van der Waals surface area contributed by atoms with Crippen molar-refractivity contribution in [2.45, 2.75) is 13.8 Å². The van der Waals surface area contributed by atoms with Crippen LogP contribution in [0, 0.1) is 0 Å². The zero-order valence-corrected chi connectivity index (χ0v) is 7.38. The van der Waals surface area contributed by atoms with E-state index in [2.05, 4.69) is 36.2 Å². The minimum absolute atomic E-state index is 0.957. The molecule has 2 nitrogen and oxygen atoms in total. The fourth-order valence-electron chi connectivity index (χ4n) is 0.783. The van der Waals surface area contributed by atoms with Gasteiger partial charge in [0.2, 0.25) is 0 Å². The molecule has 0 rings (SSSR count). The summed E-state index contributed by atoms with van der Waals surface area (Å²) >= 11 is 0. The first-order valence-electron chi connectivity index (χ1n) is 3.94. The lowest BCUT2D eigenvalue weighted by Gasteiger charge is -2.14. The van der Waals surface area contributed by atoms with Crippen molar-refractivity contribution in [2.24, 2.45) is 4.99 Å². The maximum absolute atomic E-state index is 3.74. The summed E-state index contributed by atoms with van der Waals surface area (Å²) in [7, 11) is 0. The molecule has 0 fully saturated rings. The second-order valence-corrected chi connectivity index (χ2v) is 2.16. The molecule has 0 unspecified atom stereocenters. The van der Waals surface area contributed by atoms with Crippen molar-refractivity contribution in [1.29, 1.82) is 0 Å². The van der Waals surface area contributed by atoms with Crippen LogP contribution in [0.15, 0.2) is 23.8 Å². The molecule has 0 bridgehead atoms. The summed E-state index contributed by atoms with van der Waals surface area (Å²) < 4.78 is 0. The summed E-state index contributed by atoms with van der Waals surface area (Å²) in [4.78, 5) is 6.04. The van der Waals surface area contributed by atoms with E-state index in [0.29, 0.717) is 0 Å². The van der Waals surface area contributed by atoms with Gasteiger partial charge in [-0.2, -0.15) is 0 Å². The number of aliphatic imine (C=N–C) groups is 1. The molecular formula is C9H16N2. The average molecular weight is 152 g/mol. The van der Waals surface area contributed by atoms with Gasteiger partial charge in [-0.05, 0) is 25.5 Å². The molecule has 62 valence electrons. The van der Waals surface area contributed by atoms with Crippen LogP contribution in [0.5, 0.6) is 0 Å². The minimum atomic E-state index is 0.957. The SMILES string of the molecule is C=C=N/C=C\CN(CC)CC. The van der Waals surface area contributed by atoms with Crippen LogP contribution in [0.1, 0.15) is 13.8 Å². The first-order chi connectivity index (χ1) is 5.35. The number of nitrogens with zero attached hydrogens (tertiary/aromatic N) is 2. The summed E-state index contributed by atoms with van der Waals surface area (Å²) in [6, 6.07) is 0. The second-order valence-electron chi connectivity index (χ2n) is 2.16. The van der Waals surface area contributed by atoms with Gasteiger partial charge in [0.15, 0.2) is 0 Å². The monoisotopic (exact) mass is 152 g/mol.